The van der Waals surface area contributed by atoms with Crippen LogP contribution in [0.1, 0.15) is 22.8 Å². The van der Waals surface area contributed by atoms with Gasteiger partial charge in [-0.05, 0) is 42.3 Å². The number of fused-ring (bicyclic) bond motifs is 1. The van der Waals surface area contributed by atoms with Crippen LogP contribution in [-0.4, -0.2) is 66.9 Å². The minimum absolute atomic E-state index is 0.0161. The van der Waals surface area contributed by atoms with Crippen LogP contribution < -0.4 is 9.64 Å². The fraction of sp³-hybridized carbons (Fsp3) is 0.348. The number of rotatable bonds is 4. The third-order valence-electron chi connectivity index (χ3n) is 5.69. The summed E-state index contributed by atoms with van der Waals surface area (Å²) >= 11 is 3.39. The van der Waals surface area contributed by atoms with Crippen molar-refractivity contribution in [2.45, 2.75) is 13.3 Å². The maximum Gasteiger partial charge on any atom is 0.265 e. The number of anilines is 1. The van der Waals surface area contributed by atoms with Crippen molar-refractivity contribution in [2.75, 3.05) is 44.2 Å². The van der Waals surface area contributed by atoms with E-state index in [1.807, 2.05) is 30.3 Å². The molecule has 2 aliphatic rings. The molecule has 2 aromatic carbocycles. The zero-order chi connectivity index (χ0) is 22.0. The monoisotopic (exact) mass is 485 g/mol. The molecule has 2 aliphatic heterocycles. The molecule has 1 saturated heterocycles. The molecule has 2 aromatic rings. The molecule has 0 saturated carbocycles. The summed E-state index contributed by atoms with van der Waals surface area (Å²) in [7, 11) is 0. The van der Waals surface area contributed by atoms with Crippen molar-refractivity contribution in [1.82, 2.24) is 9.80 Å². The Morgan fingerprint density at radius 2 is 1.68 bits per heavy atom. The lowest BCUT2D eigenvalue weighted by Crippen LogP contribution is -2.53. The number of halogens is 1. The molecular formula is C23H24BrN3O4. The number of amides is 3. The van der Waals surface area contributed by atoms with E-state index in [9.17, 15) is 14.4 Å². The molecular weight excluding hydrogens is 462 g/mol. The zero-order valence-electron chi connectivity index (χ0n) is 17.3. The molecule has 0 radical (unpaired) electrons. The highest BCUT2D eigenvalue weighted by molar-refractivity contribution is 9.10. The molecule has 0 atom stereocenters. The molecule has 1 fully saturated rings. The SMILES string of the molecule is CCc1ccc(C(=O)N2CCN(C(=O)CN3C(=O)COc4cc(Br)ccc43)CC2)cc1. The maximum absolute atomic E-state index is 12.9. The van der Waals surface area contributed by atoms with Gasteiger partial charge in [-0.3, -0.25) is 19.3 Å². The summed E-state index contributed by atoms with van der Waals surface area (Å²) in [6.07, 6.45) is 0.933. The molecule has 0 aliphatic carbocycles. The number of hydrogen-bond acceptors (Lipinski definition) is 4. The molecule has 0 N–H and O–H groups in total. The van der Waals surface area contributed by atoms with Crippen LogP contribution in [0.15, 0.2) is 46.9 Å². The number of ether oxygens (including phenoxy) is 1. The third kappa shape index (κ3) is 4.58. The predicted octanol–water partition coefficient (Wildman–Crippen LogP) is 2.72. The van der Waals surface area contributed by atoms with Crippen LogP contribution in [-0.2, 0) is 16.0 Å². The van der Waals surface area contributed by atoms with Crippen molar-refractivity contribution >= 4 is 39.3 Å². The van der Waals surface area contributed by atoms with Crippen molar-refractivity contribution in [2.24, 2.45) is 0 Å². The van der Waals surface area contributed by atoms with Gasteiger partial charge in [-0.2, -0.15) is 0 Å². The average Bonchev–Trinajstić information content (AvgIpc) is 2.80. The first-order valence-corrected chi connectivity index (χ1v) is 11.1. The molecule has 31 heavy (non-hydrogen) atoms. The van der Waals surface area contributed by atoms with Crippen molar-refractivity contribution in [3.8, 4) is 5.75 Å². The van der Waals surface area contributed by atoms with E-state index in [2.05, 4.69) is 22.9 Å². The second-order valence-corrected chi connectivity index (χ2v) is 8.52. The summed E-state index contributed by atoms with van der Waals surface area (Å²) in [5.41, 5.74) is 2.45. The van der Waals surface area contributed by atoms with E-state index in [1.165, 1.54) is 10.5 Å². The molecule has 162 valence electrons. The summed E-state index contributed by atoms with van der Waals surface area (Å²) in [5, 5.41) is 0. The van der Waals surface area contributed by atoms with Crippen LogP contribution in [0.5, 0.6) is 5.75 Å². The highest BCUT2D eigenvalue weighted by Crippen LogP contribution is 2.34. The lowest BCUT2D eigenvalue weighted by Gasteiger charge is -2.36. The normalized spacial score (nSPS) is 16.1. The minimum atomic E-state index is -0.243. The van der Waals surface area contributed by atoms with Crippen molar-refractivity contribution in [1.29, 1.82) is 0 Å². The molecule has 7 nitrogen and oxygen atoms in total. The smallest absolute Gasteiger partial charge is 0.265 e. The average molecular weight is 486 g/mol. The number of nitrogens with zero attached hydrogens (tertiary/aromatic N) is 3. The van der Waals surface area contributed by atoms with Gasteiger partial charge in [-0.25, -0.2) is 0 Å². The molecule has 4 rings (SSSR count). The lowest BCUT2D eigenvalue weighted by atomic mass is 10.1. The first-order chi connectivity index (χ1) is 15.0. The highest BCUT2D eigenvalue weighted by Gasteiger charge is 2.31. The Morgan fingerprint density at radius 1 is 1.00 bits per heavy atom. The van der Waals surface area contributed by atoms with Gasteiger partial charge in [-0.1, -0.05) is 35.0 Å². The lowest BCUT2D eigenvalue weighted by molar-refractivity contribution is -0.133. The molecule has 0 aromatic heterocycles. The Hall–Kier alpha value is -2.87. The number of benzene rings is 2. The van der Waals surface area contributed by atoms with Gasteiger partial charge in [0.05, 0.1) is 5.69 Å². The van der Waals surface area contributed by atoms with Gasteiger partial charge >= 0.3 is 0 Å². The predicted molar refractivity (Wildman–Crippen MR) is 120 cm³/mol. The first kappa shape index (κ1) is 21.4. The van der Waals surface area contributed by atoms with Gasteiger partial charge < -0.3 is 14.5 Å². The summed E-state index contributed by atoms with van der Waals surface area (Å²) in [6.45, 7) is 3.79. The highest BCUT2D eigenvalue weighted by atomic mass is 79.9. The first-order valence-electron chi connectivity index (χ1n) is 10.3. The number of piperazine rings is 1. The van der Waals surface area contributed by atoms with Gasteiger partial charge in [0, 0.05) is 36.2 Å². The summed E-state index contributed by atoms with van der Waals surface area (Å²) in [5.74, 6) is 0.180. The number of aryl methyl sites for hydroxylation is 1. The Kier molecular flexibility index (Phi) is 6.27. The Bertz CT molecular complexity index is 1000. The quantitative estimate of drug-likeness (QED) is 0.667. The summed E-state index contributed by atoms with van der Waals surface area (Å²) < 4.78 is 6.32. The van der Waals surface area contributed by atoms with Gasteiger partial charge in [0.15, 0.2) is 6.61 Å². The van der Waals surface area contributed by atoms with E-state index < -0.39 is 0 Å². The number of carbonyl (C=O) groups excluding carboxylic acids is 3. The summed E-state index contributed by atoms with van der Waals surface area (Å²) in [4.78, 5) is 43.0. The standard InChI is InChI=1S/C23H24BrN3O4/c1-2-16-3-5-17(6-4-16)23(30)26-11-9-25(10-12-26)21(28)14-27-19-8-7-18(24)13-20(19)31-15-22(27)29/h3-8,13H,2,9-12,14-15H2,1H3. The Labute approximate surface area is 189 Å². The van der Waals surface area contributed by atoms with E-state index >= 15 is 0 Å². The zero-order valence-corrected chi connectivity index (χ0v) is 18.9. The van der Waals surface area contributed by atoms with E-state index in [1.54, 1.807) is 21.9 Å². The molecule has 3 amide bonds. The van der Waals surface area contributed by atoms with Gasteiger partial charge in [0.1, 0.15) is 12.3 Å². The third-order valence-corrected chi connectivity index (χ3v) is 6.18. The molecule has 8 heteroatoms. The van der Waals surface area contributed by atoms with E-state index in [0.29, 0.717) is 43.2 Å². The van der Waals surface area contributed by atoms with Crippen LogP contribution in [0.2, 0.25) is 0 Å². The van der Waals surface area contributed by atoms with Crippen LogP contribution in [0.3, 0.4) is 0 Å². The topological polar surface area (TPSA) is 70.2 Å². The van der Waals surface area contributed by atoms with Crippen LogP contribution in [0, 0.1) is 0 Å². The van der Waals surface area contributed by atoms with Gasteiger partial charge in [-0.15, -0.1) is 0 Å². The fourth-order valence-electron chi connectivity index (χ4n) is 3.81. The van der Waals surface area contributed by atoms with Crippen LogP contribution >= 0.6 is 15.9 Å². The molecule has 0 bridgehead atoms. The van der Waals surface area contributed by atoms with Crippen molar-refractivity contribution in [3.05, 3.63) is 58.1 Å². The molecule has 0 spiro atoms. The summed E-state index contributed by atoms with van der Waals surface area (Å²) in [6, 6.07) is 13.0. The second kappa shape index (κ2) is 9.09. The minimum Gasteiger partial charge on any atom is -0.482 e. The van der Waals surface area contributed by atoms with E-state index in [0.717, 1.165) is 10.9 Å². The Morgan fingerprint density at radius 3 is 2.35 bits per heavy atom. The van der Waals surface area contributed by atoms with Crippen molar-refractivity contribution in [3.63, 3.8) is 0 Å². The van der Waals surface area contributed by atoms with E-state index in [-0.39, 0.29) is 30.9 Å². The van der Waals surface area contributed by atoms with Crippen LogP contribution in [0.25, 0.3) is 0 Å². The van der Waals surface area contributed by atoms with Crippen LogP contribution in [0.4, 0.5) is 5.69 Å². The second-order valence-electron chi connectivity index (χ2n) is 7.60. The molecule has 2 heterocycles. The van der Waals surface area contributed by atoms with E-state index in [4.69, 9.17) is 4.74 Å². The van der Waals surface area contributed by atoms with Gasteiger partial charge in [0.25, 0.3) is 11.8 Å². The fourth-order valence-corrected chi connectivity index (χ4v) is 4.15. The van der Waals surface area contributed by atoms with Gasteiger partial charge in [0.2, 0.25) is 5.91 Å². The molecule has 0 unspecified atom stereocenters. The largest absolute Gasteiger partial charge is 0.482 e. The number of carbonyl (C=O) groups is 3. The Balaban J connectivity index is 1.36. The maximum atomic E-state index is 12.9. The number of hydrogen-bond donors (Lipinski definition) is 0. The van der Waals surface area contributed by atoms with Crippen molar-refractivity contribution < 1.29 is 19.1 Å².